The fourth-order valence-corrected chi connectivity index (χ4v) is 8.10. The molecule has 0 saturated carbocycles. The van der Waals surface area contributed by atoms with Gasteiger partial charge in [0.05, 0.1) is 0 Å². The van der Waals surface area contributed by atoms with Crippen LogP contribution in [0.5, 0.6) is 0 Å². The molecule has 0 aromatic heterocycles. The predicted octanol–water partition coefficient (Wildman–Crippen LogP) is 13.6. The molecule has 0 saturated heterocycles. The Balaban J connectivity index is 1.26. The number of fused-ring (bicyclic) bond motifs is 7. The van der Waals surface area contributed by atoms with Crippen molar-refractivity contribution in [1.82, 2.24) is 0 Å². The lowest BCUT2D eigenvalue weighted by molar-refractivity contribution is 1.67. The van der Waals surface area contributed by atoms with Crippen molar-refractivity contribution in [1.29, 1.82) is 0 Å². The van der Waals surface area contributed by atoms with Crippen molar-refractivity contribution in [2.75, 3.05) is 0 Å². The van der Waals surface area contributed by atoms with Crippen molar-refractivity contribution in [3.8, 4) is 33.4 Å². The molecule has 0 fully saturated rings. The highest BCUT2D eigenvalue weighted by atomic mass is 14.2. The molecular formula is C48H30. The lowest BCUT2D eigenvalue weighted by Gasteiger charge is -2.20. The summed E-state index contributed by atoms with van der Waals surface area (Å²) in [6, 6.07) is 67.1. The highest BCUT2D eigenvalue weighted by Crippen LogP contribution is 2.47. The molecule has 0 radical (unpaired) electrons. The Morgan fingerprint density at radius 1 is 0.208 bits per heavy atom. The van der Waals surface area contributed by atoms with Crippen LogP contribution in [0.2, 0.25) is 0 Å². The topological polar surface area (TPSA) is 0 Å². The van der Waals surface area contributed by atoms with Crippen LogP contribution in [0.3, 0.4) is 0 Å². The number of benzene rings is 10. The largest absolute Gasteiger partial charge is 0.0616 e. The van der Waals surface area contributed by atoms with Crippen LogP contribution >= 0.6 is 0 Å². The van der Waals surface area contributed by atoms with E-state index in [0.29, 0.717) is 0 Å². The summed E-state index contributed by atoms with van der Waals surface area (Å²) in [5, 5.41) is 15.3. The Morgan fingerprint density at radius 3 is 1.38 bits per heavy atom. The van der Waals surface area contributed by atoms with Gasteiger partial charge >= 0.3 is 0 Å². The summed E-state index contributed by atoms with van der Waals surface area (Å²) in [5.74, 6) is 0. The zero-order chi connectivity index (χ0) is 31.6. The average molecular weight is 607 g/mol. The summed E-state index contributed by atoms with van der Waals surface area (Å²) in [6.45, 7) is 0. The van der Waals surface area contributed by atoms with Crippen LogP contribution in [0, 0.1) is 0 Å². The molecule has 222 valence electrons. The van der Waals surface area contributed by atoms with E-state index in [-0.39, 0.29) is 0 Å². The van der Waals surface area contributed by atoms with E-state index in [1.165, 1.54) is 98.0 Å². The molecule has 0 aliphatic heterocycles. The van der Waals surface area contributed by atoms with Crippen LogP contribution in [0.1, 0.15) is 0 Å². The zero-order valence-corrected chi connectivity index (χ0v) is 26.3. The van der Waals surface area contributed by atoms with Gasteiger partial charge in [0.25, 0.3) is 0 Å². The van der Waals surface area contributed by atoms with E-state index in [1.54, 1.807) is 0 Å². The monoisotopic (exact) mass is 606 g/mol. The molecule has 0 aliphatic carbocycles. The van der Waals surface area contributed by atoms with E-state index in [9.17, 15) is 0 Å². The molecule has 0 N–H and O–H groups in total. The van der Waals surface area contributed by atoms with Gasteiger partial charge in [-0.2, -0.15) is 0 Å². The van der Waals surface area contributed by atoms with Crippen LogP contribution in [0.4, 0.5) is 0 Å². The van der Waals surface area contributed by atoms with Gasteiger partial charge in [-0.3, -0.25) is 0 Å². The summed E-state index contributed by atoms with van der Waals surface area (Å²) in [4.78, 5) is 0. The molecule has 10 aromatic rings. The van der Waals surface area contributed by atoms with Gasteiger partial charge in [0.1, 0.15) is 0 Å². The molecule has 10 aromatic carbocycles. The van der Waals surface area contributed by atoms with Gasteiger partial charge in [-0.1, -0.05) is 176 Å². The number of rotatable bonds is 3. The number of hydrogen-bond acceptors (Lipinski definition) is 0. The maximum Gasteiger partial charge on any atom is -0.00201 e. The van der Waals surface area contributed by atoms with Gasteiger partial charge in [-0.15, -0.1) is 0 Å². The SMILES string of the molecule is c1ccc2cc(-c3c4ccccc4c(-c4ccc(-c5cccc6c5ccc5ccccc56)c5ccccc45)c4ccccc34)ccc2c1. The first-order valence-electron chi connectivity index (χ1n) is 16.7. The zero-order valence-electron chi connectivity index (χ0n) is 26.3. The fourth-order valence-electron chi connectivity index (χ4n) is 8.10. The second-order valence-corrected chi connectivity index (χ2v) is 12.8. The van der Waals surface area contributed by atoms with E-state index in [1.807, 2.05) is 0 Å². The molecule has 0 nitrogen and oxygen atoms in total. The predicted molar refractivity (Wildman–Crippen MR) is 208 cm³/mol. The molecule has 0 amide bonds. The van der Waals surface area contributed by atoms with Gasteiger partial charge < -0.3 is 0 Å². The summed E-state index contributed by atoms with van der Waals surface area (Å²) in [5.41, 5.74) is 7.62. The van der Waals surface area contributed by atoms with E-state index in [2.05, 4.69) is 182 Å². The Labute approximate surface area is 279 Å². The van der Waals surface area contributed by atoms with Gasteiger partial charge in [0.2, 0.25) is 0 Å². The van der Waals surface area contributed by atoms with Crippen LogP contribution in [-0.2, 0) is 0 Å². The van der Waals surface area contributed by atoms with E-state index in [0.717, 1.165) is 0 Å². The van der Waals surface area contributed by atoms with Crippen molar-refractivity contribution >= 4 is 64.6 Å². The van der Waals surface area contributed by atoms with E-state index >= 15 is 0 Å². The van der Waals surface area contributed by atoms with E-state index in [4.69, 9.17) is 0 Å². The standard InChI is InChI=1S/C48H30/c1-2-14-33-30-34(25-24-31(33)12-1)47-42-18-7-9-20-44(42)48(45-21-10-8-19-43(45)47)46-29-28-41(37-16-5-6-17-39(37)46)38-23-11-22-36-35-15-4-3-13-32(35)26-27-40(36)38/h1-30H. The van der Waals surface area contributed by atoms with Crippen molar-refractivity contribution in [3.05, 3.63) is 182 Å². The molecule has 0 heterocycles. The molecule has 0 atom stereocenters. The molecular weight excluding hydrogens is 577 g/mol. The molecule has 0 bridgehead atoms. The van der Waals surface area contributed by atoms with Crippen LogP contribution in [0.15, 0.2) is 182 Å². The molecule has 48 heavy (non-hydrogen) atoms. The van der Waals surface area contributed by atoms with Crippen LogP contribution < -0.4 is 0 Å². The first-order chi connectivity index (χ1) is 23.8. The minimum atomic E-state index is 1.25. The molecule has 0 heteroatoms. The van der Waals surface area contributed by atoms with Crippen molar-refractivity contribution in [3.63, 3.8) is 0 Å². The Kier molecular flexibility index (Phi) is 5.98. The first-order valence-corrected chi connectivity index (χ1v) is 16.7. The third kappa shape index (κ3) is 4.03. The Bertz CT molecular complexity index is 2830. The minimum absolute atomic E-state index is 1.25. The van der Waals surface area contributed by atoms with Gasteiger partial charge in [-0.25, -0.2) is 0 Å². The average Bonchev–Trinajstić information content (AvgIpc) is 3.16. The van der Waals surface area contributed by atoms with Crippen molar-refractivity contribution in [2.45, 2.75) is 0 Å². The normalized spacial score (nSPS) is 11.8. The second kappa shape index (κ2) is 10.7. The Hall–Kier alpha value is -6.24. The smallest absolute Gasteiger partial charge is 0.00201 e. The highest BCUT2D eigenvalue weighted by molar-refractivity contribution is 6.25. The Morgan fingerprint density at radius 2 is 0.667 bits per heavy atom. The molecule has 0 aliphatic rings. The summed E-state index contributed by atoms with van der Waals surface area (Å²) < 4.78 is 0. The fraction of sp³-hybridized carbons (Fsp3) is 0. The third-order valence-electron chi connectivity index (χ3n) is 10.2. The van der Waals surface area contributed by atoms with E-state index < -0.39 is 0 Å². The summed E-state index contributed by atoms with van der Waals surface area (Å²) in [6.07, 6.45) is 0. The second-order valence-electron chi connectivity index (χ2n) is 12.8. The van der Waals surface area contributed by atoms with Crippen LogP contribution in [0.25, 0.3) is 98.0 Å². The maximum absolute atomic E-state index is 2.36. The van der Waals surface area contributed by atoms with Crippen LogP contribution in [-0.4, -0.2) is 0 Å². The molecule has 10 rings (SSSR count). The van der Waals surface area contributed by atoms with Gasteiger partial charge in [0, 0.05) is 0 Å². The van der Waals surface area contributed by atoms with Crippen molar-refractivity contribution in [2.24, 2.45) is 0 Å². The van der Waals surface area contributed by atoms with Crippen molar-refractivity contribution < 1.29 is 0 Å². The third-order valence-corrected chi connectivity index (χ3v) is 10.2. The quantitative estimate of drug-likeness (QED) is 0.139. The minimum Gasteiger partial charge on any atom is -0.0616 e. The maximum atomic E-state index is 2.36. The lowest BCUT2D eigenvalue weighted by atomic mass is 9.83. The van der Waals surface area contributed by atoms with Gasteiger partial charge in [0.15, 0.2) is 0 Å². The highest BCUT2D eigenvalue weighted by Gasteiger charge is 2.19. The number of hydrogen-bond donors (Lipinski definition) is 0. The van der Waals surface area contributed by atoms with Gasteiger partial charge in [-0.05, 0) is 104 Å². The molecule has 0 spiro atoms. The molecule has 0 unspecified atom stereocenters. The lowest BCUT2D eigenvalue weighted by Crippen LogP contribution is -1.93. The summed E-state index contributed by atoms with van der Waals surface area (Å²) >= 11 is 0. The first kappa shape index (κ1) is 26.9. The summed E-state index contributed by atoms with van der Waals surface area (Å²) in [7, 11) is 0.